The summed E-state index contributed by atoms with van der Waals surface area (Å²) in [6.45, 7) is 0.827. The largest absolute Gasteiger partial charge is 0.435 e. The number of amides is 1. The van der Waals surface area contributed by atoms with Crippen molar-refractivity contribution < 1.29 is 18.3 Å². The van der Waals surface area contributed by atoms with Crippen LogP contribution in [-0.4, -0.2) is 55.5 Å². The molecule has 1 amide bonds. The third-order valence-corrected chi connectivity index (χ3v) is 5.37. The molecule has 2 saturated heterocycles. The molecule has 24 heavy (non-hydrogen) atoms. The number of hydrogen-bond donors (Lipinski definition) is 0. The molecule has 132 valence electrons. The number of hydrogen-bond acceptors (Lipinski definition) is 3. The number of benzene rings is 1. The van der Waals surface area contributed by atoms with E-state index in [1.165, 1.54) is 6.07 Å². The van der Waals surface area contributed by atoms with Crippen LogP contribution in [0.25, 0.3) is 0 Å². The van der Waals surface area contributed by atoms with Crippen molar-refractivity contribution in [2.24, 2.45) is 5.41 Å². The predicted molar refractivity (Wildman–Crippen MR) is 87.1 cm³/mol. The fourth-order valence-corrected chi connectivity index (χ4v) is 3.78. The summed E-state index contributed by atoms with van der Waals surface area (Å²) in [6.07, 6.45) is 3.40. The van der Waals surface area contributed by atoms with Gasteiger partial charge in [-0.05, 0) is 50.9 Å². The Kier molecular flexibility index (Phi) is 5.04. The maximum atomic E-state index is 12.6. The van der Waals surface area contributed by atoms with E-state index in [1.54, 1.807) is 18.2 Å². The first-order valence-electron chi connectivity index (χ1n) is 8.46. The Labute approximate surface area is 141 Å². The van der Waals surface area contributed by atoms with E-state index in [9.17, 15) is 13.6 Å². The third kappa shape index (κ3) is 3.86. The lowest BCUT2D eigenvalue weighted by Crippen LogP contribution is -2.40. The maximum absolute atomic E-state index is 12.6. The van der Waals surface area contributed by atoms with Gasteiger partial charge in [0.15, 0.2) is 0 Å². The molecule has 0 aliphatic carbocycles. The molecule has 0 aromatic heterocycles. The molecule has 3 rings (SSSR count). The van der Waals surface area contributed by atoms with Gasteiger partial charge in [0.05, 0.1) is 6.42 Å². The van der Waals surface area contributed by atoms with Gasteiger partial charge in [0, 0.05) is 18.7 Å². The lowest BCUT2D eigenvalue weighted by atomic mass is 9.78. The van der Waals surface area contributed by atoms with Crippen LogP contribution in [0.4, 0.5) is 8.78 Å². The molecular formula is C18H24F2N2O2. The van der Waals surface area contributed by atoms with Gasteiger partial charge in [0.25, 0.3) is 0 Å². The standard InChI is InChI=1S/C18H24F2N2O2/c1-21-9-6-18(7-10-21)8-11-22(13-18)16(23)12-14-4-2-3-5-15(14)24-17(19)20/h2-5,17H,6-13H2,1H3. The fourth-order valence-electron chi connectivity index (χ4n) is 3.78. The molecule has 0 N–H and O–H groups in total. The van der Waals surface area contributed by atoms with E-state index in [0.717, 1.165) is 45.4 Å². The summed E-state index contributed by atoms with van der Waals surface area (Å²) >= 11 is 0. The third-order valence-electron chi connectivity index (χ3n) is 5.37. The summed E-state index contributed by atoms with van der Waals surface area (Å²) < 4.78 is 29.5. The first-order chi connectivity index (χ1) is 11.5. The maximum Gasteiger partial charge on any atom is 0.387 e. The zero-order valence-corrected chi connectivity index (χ0v) is 14.0. The summed E-state index contributed by atoms with van der Waals surface area (Å²) in [5, 5.41) is 0. The number of rotatable bonds is 4. The summed E-state index contributed by atoms with van der Waals surface area (Å²) in [5.41, 5.74) is 0.772. The van der Waals surface area contributed by atoms with Crippen LogP contribution in [-0.2, 0) is 11.2 Å². The molecule has 2 heterocycles. The number of alkyl halides is 2. The second kappa shape index (κ2) is 7.05. The Bertz CT molecular complexity index is 586. The molecule has 1 aromatic rings. The average Bonchev–Trinajstić information content (AvgIpc) is 2.96. The van der Waals surface area contributed by atoms with Crippen LogP contribution < -0.4 is 4.74 Å². The normalized spacial score (nSPS) is 20.8. The van der Waals surface area contributed by atoms with Crippen molar-refractivity contribution >= 4 is 5.91 Å². The van der Waals surface area contributed by atoms with E-state index in [2.05, 4.69) is 16.7 Å². The minimum absolute atomic E-state index is 0.00359. The molecule has 0 bridgehead atoms. The van der Waals surface area contributed by atoms with E-state index in [1.807, 2.05) is 4.90 Å². The molecule has 2 aliphatic rings. The topological polar surface area (TPSA) is 32.8 Å². The minimum Gasteiger partial charge on any atom is -0.435 e. The molecule has 0 radical (unpaired) electrons. The minimum atomic E-state index is -2.88. The van der Waals surface area contributed by atoms with E-state index < -0.39 is 6.61 Å². The zero-order chi connectivity index (χ0) is 17.2. The highest BCUT2D eigenvalue weighted by molar-refractivity contribution is 5.79. The number of likely N-dealkylation sites (tertiary alicyclic amines) is 2. The molecule has 0 atom stereocenters. The van der Waals surface area contributed by atoms with Crippen molar-refractivity contribution in [2.75, 3.05) is 33.2 Å². The average molecular weight is 338 g/mol. The van der Waals surface area contributed by atoms with Crippen LogP contribution in [0.3, 0.4) is 0 Å². The quantitative estimate of drug-likeness (QED) is 0.846. The predicted octanol–water partition coefficient (Wildman–Crippen LogP) is 2.77. The molecule has 6 heteroatoms. The van der Waals surface area contributed by atoms with Crippen LogP contribution in [0.1, 0.15) is 24.8 Å². The Morgan fingerprint density at radius 3 is 2.58 bits per heavy atom. The van der Waals surface area contributed by atoms with Gasteiger partial charge in [-0.15, -0.1) is 0 Å². The van der Waals surface area contributed by atoms with E-state index >= 15 is 0 Å². The Hall–Kier alpha value is -1.69. The van der Waals surface area contributed by atoms with Crippen LogP contribution in [0.5, 0.6) is 5.75 Å². The van der Waals surface area contributed by atoms with Gasteiger partial charge in [-0.3, -0.25) is 4.79 Å². The lowest BCUT2D eigenvalue weighted by molar-refractivity contribution is -0.130. The van der Waals surface area contributed by atoms with Gasteiger partial charge < -0.3 is 14.5 Å². The Morgan fingerprint density at radius 2 is 1.88 bits per heavy atom. The van der Waals surface area contributed by atoms with Crippen molar-refractivity contribution in [3.05, 3.63) is 29.8 Å². The SMILES string of the molecule is CN1CCC2(CC1)CCN(C(=O)Cc1ccccc1OC(F)F)C2. The van der Waals surface area contributed by atoms with Gasteiger partial charge in [-0.1, -0.05) is 18.2 Å². The molecule has 0 unspecified atom stereocenters. The summed E-state index contributed by atoms with van der Waals surface area (Å²) in [4.78, 5) is 16.8. The smallest absolute Gasteiger partial charge is 0.387 e. The molecule has 2 fully saturated rings. The molecule has 4 nitrogen and oxygen atoms in total. The fraction of sp³-hybridized carbons (Fsp3) is 0.611. The first-order valence-corrected chi connectivity index (χ1v) is 8.46. The Morgan fingerprint density at radius 1 is 1.21 bits per heavy atom. The molecule has 0 saturated carbocycles. The number of nitrogens with zero attached hydrogens (tertiary/aromatic N) is 2. The number of carbonyl (C=O) groups excluding carboxylic acids is 1. The van der Waals surface area contributed by atoms with Gasteiger partial charge in [-0.25, -0.2) is 0 Å². The summed E-state index contributed by atoms with van der Waals surface area (Å²) in [6, 6.07) is 6.53. The number of piperidine rings is 1. The Balaban J connectivity index is 1.62. The van der Waals surface area contributed by atoms with E-state index in [-0.39, 0.29) is 23.5 Å². The summed E-state index contributed by atoms with van der Waals surface area (Å²) in [7, 11) is 2.13. The second-order valence-corrected chi connectivity index (χ2v) is 7.03. The highest BCUT2D eigenvalue weighted by Crippen LogP contribution is 2.40. The monoisotopic (exact) mass is 338 g/mol. The van der Waals surface area contributed by atoms with Crippen molar-refractivity contribution in [3.8, 4) is 5.75 Å². The number of carbonyl (C=O) groups is 1. The van der Waals surface area contributed by atoms with Crippen molar-refractivity contribution in [1.29, 1.82) is 0 Å². The van der Waals surface area contributed by atoms with E-state index in [0.29, 0.717) is 5.56 Å². The highest BCUT2D eigenvalue weighted by Gasteiger charge is 2.41. The van der Waals surface area contributed by atoms with Crippen LogP contribution >= 0.6 is 0 Å². The van der Waals surface area contributed by atoms with E-state index in [4.69, 9.17) is 0 Å². The van der Waals surface area contributed by atoms with Crippen molar-refractivity contribution in [2.45, 2.75) is 32.3 Å². The highest BCUT2D eigenvalue weighted by atomic mass is 19.3. The van der Waals surface area contributed by atoms with Crippen molar-refractivity contribution in [1.82, 2.24) is 9.80 Å². The van der Waals surface area contributed by atoms with Gasteiger partial charge in [0.2, 0.25) is 5.91 Å². The number of ether oxygens (including phenoxy) is 1. The lowest BCUT2D eigenvalue weighted by Gasteiger charge is -2.37. The van der Waals surface area contributed by atoms with Crippen LogP contribution in [0, 0.1) is 5.41 Å². The number of para-hydroxylation sites is 1. The number of halogens is 2. The van der Waals surface area contributed by atoms with Gasteiger partial charge >= 0.3 is 6.61 Å². The molecule has 1 spiro atoms. The molecule has 1 aromatic carbocycles. The van der Waals surface area contributed by atoms with Crippen molar-refractivity contribution in [3.63, 3.8) is 0 Å². The van der Waals surface area contributed by atoms with Crippen LogP contribution in [0.2, 0.25) is 0 Å². The van der Waals surface area contributed by atoms with Gasteiger partial charge in [-0.2, -0.15) is 8.78 Å². The first kappa shape index (κ1) is 17.1. The van der Waals surface area contributed by atoms with Gasteiger partial charge in [0.1, 0.15) is 5.75 Å². The molecular weight excluding hydrogens is 314 g/mol. The zero-order valence-electron chi connectivity index (χ0n) is 14.0. The second-order valence-electron chi connectivity index (χ2n) is 7.03. The summed E-state index contributed by atoms with van der Waals surface area (Å²) in [5.74, 6) is 0.0881. The van der Waals surface area contributed by atoms with Crippen LogP contribution in [0.15, 0.2) is 24.3 Å². The molecule has 2 aliphatic heterocycles.